The third-order valence-corrected chi connectivity index (χ3v) is 3.92. The number of hydrogen-bond donors (Lipinski definition) is 0. The minimum atomic E-state index is 0.448. The van der Waals surface area contributed by atoms with Crippen molar-refractivity contribution >= 4 is 0 Å². The molecule has 0 amide bonds. The van der Waals surface area contributed by atoms with E-state index in [1.54, 1.807) is 0 Å². The van der Waals surface area contributed by atoms with Gasteiger partial charge in [-0.25, -0.2) is 0 Å². The normalized spacial score (nSPS) is 23.6. The maximum atomic E-state index is 5.31. The predicted octanol–water partition coefficient (Wildman–Crippen LogP) is 3.24. The fourth-order valence-electron chi connectivity index (χ4n) is 2.65. The van der Waals surface area contributed by atoms with Crippen molar-refractivity contribution in [3.63, 3.8) is 0 Å². The van der Waals surface area contributed by atoms with Gasteiger partial charge >= 0.3 is 0 Å². The lowest BCUT2D eigenvalue weighted by atomic mass is 9.98. The van der Waals surface area contributed by atoms with Gasteiger partial charge in [0.1, 0.15) is 0 Å². The first-order valence-corrected chi connectivity index (χ1v) is 7.28. The number of epoxide rings is 2. The Morgan fingerprint density at radius 2 is 1.20 bits per heavy atom. The Morgan fingerprint density at radius 3 is 1.60 bits per heavy atom. The van der Waals surface area contributed by atoms with Gasteiger partial charge in [-0.15, -0.1) is 0 Å². The second kappa shape index (κ2) is 5.04. The lowest BCUT2D eigenvalue weighted by molar-refractivity contribution is 0.407. The van der Waals surface area contributed by atoms with Crippen molar-refractivity contribution in [2.45, 2.75) is 25.0 Å². The van der Waals surface area contributed by atoms with E-state index in [0.717, 1.165) is 26.1 Å². The van der Waals surface area contributed by atoms with Crippen LogP contribution in [-0.2, 0) is 22.3 Å². The van der Waals surface area contributed by atoms with Crippen LogP contribution in [-0.4, -0.2) is 25.4 Å². The van der Waals surface area contributed by atoms with Crippen LogP contribution < -0.4 is 0 Å². The molecule has 0 N–H and O–H groups in total. The third-order valence-electron chi connectivity index (χ3n) is 3.92. The highest BCUT2D eigenvalue weighted by Crippen LogP contribution is 2.25. The fourth-order valence-corrected chi connectivity index (χ4v) is 2.65. The summed E-state index contributed by atoms with van der Waals surface area (Å²) in [6.45, 7) is 1.84. The maximum absolute atomic E-state index is 5.31. The van der Waals surface area contributed by atoms with Gasteiger partial charge in [-0.2, -0.15) is 0 Å². The van der Waals surface area contributed by atoms with E-state index in [1.165, 1.54) is 22.3 Å². The third kappa shape index (κ3) is 2.92. The molecule has 2 heterocycles. The number of benzene rings is 2. The highest BCUT2D eigenvalue weighted by molar-refractivity contribution is 5.65. The van der Waals surface area contributed by atoms with Crippen LogP contribution in [0, 0.1) is 0 Å². The fraction of sp³-hybridized carbons (Fsp3) is 0.333. The van der Waals surface area contributed by atoms with Crippen molar-refractivity contribution in [3.05, 3.63) is 59.7 Å². The van der Waals surface area contributed by atoms with Gasteiger partial charge in [0, 0.05) is 12.8 Å². The molecule has 4 rings (SSSR count). The Labute approximate surface area is 119 Å². The molecule has 0 aliphatic carbocycles. The van der Waals surface area contributed by atoms with Crippen LogP contribution in [0.25, 0.3) is 11.1 Å². The van der Waals surface area contributed by atoms with E-state index in [-0.39, 0.29) is 0 Å². The summed E-state index contributed by atoms with van der Waals surface area (Å²) in [6.07, 6.45) is 2.96. The van der Waals surface area contributed by atoms with E-state index in [4.69, 9.17) is 9.47 Å². The molecule has 20 heavy (non-hydrogen) atoms. The predicted molar refractivity (Wildman–Crippen MR) is 78.8 cm³/mol. The molecule has 0 radical (unpaired) electrons. The Morgan fingerprint density at radius 1 is 0.750 bits per heavy atom. The Hall–Kier alpha value is -1.64. The van der Waals surface area contributed by atoms with E-state index in [9.17, 15) is 0 Å². The van der Waals surface area contributed by atoms with Crippen molar-refractivity contribution in [3.8, 4) is 11.1 Å². The first-order valence-electron chi connectivity index (χ1n) is 7.28. The quantitative estimate of drug-likeness (QED) is 0.776. The van der Waals surface area contributed by atoms with Crippen LogP contribution in [0.15, 0.2) is 48.5 Å². The molecule has 2 aliphatic heterocycles. The molecule has 2 heteroatoms. The smallest absolute Gasteiger partial charge is 0.0850 e. The molecule has 2 aromatic carbocycles. The van der Waals surface area contributed by atoms with Crippen molar-refractivity contribution in [1.82, 2.24) is 0 Å². The summed E-state index contributed by atoms with van der Waals surface area (Å²) in [5, 5.41) is 0. The Bertz CT molecular complexity index is 557. The molecule has 2 unspecified atom stereocenters. The first-order chi connectivity index (χ1) is 9.87. The molecular formula is C18H18O2. The van der Waals surface area contributed by atoms with Crippen LogP contribution in [0.2, 0.25) is 0 Å². The van der Waals surface area contributed by atoms with Gasteiger partial charge in [-0.1, -0.05) is 48.5 Å². The molecule has 102 valence electrons. The highest BCUT2D eigenvalue weighted by atomic mass is 16.6. The zero-order chi connectivity index (χ0) is 13.4. The SMILES string of the molecule is c1cc(CC2CO2)cc(-c2cccc(CC3CO3)c2)c1. The second-order valence-corrected chi connectivity index (χ2v) is 5.72. The second-order valence-electron chi connectivity index (χ2n) is 5.72. The van der Waals surface area contributed by atoms with Gasteiger partial charge in [0.2, 0.25) is 0 Å². The van der Waals surface area contributed by atoms with Gasteiger partial charge < -0.3 is 9.47 Å². The minimum absolute atomic E-state index is 0.448. The van der Waals surface area contributed by atoms with Crippen LogP contribution in [0.5, 0.6) is 0 Å². The molecule has 2 saturated heterocycles. The summed E-state index contributed by atoms with van der Waals surface area (Å²) in [7, 11) is 0. The van der Waals surface area contributed by atoms with Crippen molar-refractivity contribution in [2.75, 3.05) is 13.2 Å². The summed E-state index contributed by atoms with van der Waals surface area (Å²) in [4.78, 5) is 0. The zero-order valence-electron chi connectivity index (χ0n) is 11.4. The topological polar surface area (TPSA) is 25.1 Å². The largest absolute Gasteiger partial charge is 0.373 e. The molecule has 2 aromatic rings. The average Bonchev–Trinajstić information content (AvgIpc) is 3.36. The monoisotopic (exact) mass is 266 g/mol. The summed E-state index contributed by atoms with van der Waals surface area (Å²) in [6, 6.07) is 17.6. The van der Waals surface area contributed by atoms with Gasteiger partial charge in [0.15, 0.2) is 0 Å². The minimum Gasteiger partial charge on any atom is -0.373 e. The molecule has 0 spiro atoms. The molecule has 2 fully saturated rings. The van der Waals surface area contributed by atoms with E-state index in [0.29, 0.717) is 12.2 Å². The summed E-state index contributed by atoms with van der Waals surface area (Å²) < 4.78 is 10.6. The number of ether oxygens (including phenoxy) is 2. The molecule has 0 saturated carbocycles. The van der Waals surface area contributed by atoms with Gasteiger partial charge in [-0.3, -0.25) is 0 Å². The Balaban J connectivity index is 1.58. The van der Waals surface area contributed by atoms with E-state index in [2.05, 4.69) is 48.5 Å². The molecular weight excluding hydrogens is 248 g/mol. The van der Waals surface area contributed by atoms with Crippen molar-refractivity contribution in [2.24, 2.45) is 0 Å². The maximum Gasteiger partial charge on any atom is 0.0850 e. The first kappa shape index (κ1) is 12.1. The molecule has 0 aromatic heterocycles. The van der Waals surface area contributed by atoms with Crippen LogP contribution in [0.1, 0.15) is 11.1 Å². The standard InChI is InChI=1S/C18H18O2/c1-3-13(9-17-11-19-17)7-15(5-1)16-6-2-4-14(8-16)10-18-12-20-18/h1-8,17-18H,9-12H2. The lowest BCUT2D eigenvalue weighted by Gasteiger charge is -2.07. The summed E-state index contributed by atoms with van der Waals surface area (Å²) in [5.41, 5.74) is 5.31. The van der Waals surface area contributed by atoms with Crippen molar-refractivity contribution in [1.29, 1.82) is 0 Å². The Kier molecular flexibility index (Phi) is 3.06. The van der Waals surface area contributed by atoms with Gasteiger partial charge in [0.25, 0.3) is 0 Å². The zero-order valence-corrected chi connectivity index (χ0v) is 11.4. The number of rotatable bonds is 5. The molecule has 2 atom stereocenters. The summed E-state index contributed by atoms with van der Waals surface area (Å²) >= 11 is 0. The van der Waals surface area contributed by atoms with E-state index in [1.807, 2.05) is 0 Å². The molecule has 0 bridgehead atoms. The number of hydrogen-bond acceptors (Lipinski definition) is 2. The molecule has 2 aliphatic rings. The highest BCUT2D eigenvalue weighted by Gasteiger charge is 2.23. The molecule has 2 nitrogen and oxygen atoms in total. The summed E-state index contributed by atoms with van der Waals surface area (Å²) in [5.74, 6) is 0. The van der Waals surface area contributed by atoms with E-state index < -0.39 is 0 Å². The van der Waals surface area contributed by atoms with Crippen LogP contribution in [0.3, 0.4) is 0 Å². The van der Waals surface area contributed by atoms with Crippen LogP contribution >= 0.6 is 0 Å². The van der Waals surface area contributed by atoms with E-state index >= 15 is 0 Å². The van der Waals surface area contributed by atoms with Gasteiger partial charge in [0.05, 0.1) is 25.4 Å². The average molecular weight is 266 g/mol. The van der Waals surface area contributed by atoms with Crippen LogP contribution in [0.4, 0.5) is 0 Å². The van der Waals surface area contributed by atoms with Crippen molar-refractivity contribution < 1.29 is 9.47 Å². The lowest BCUT2D eigenvalue weighted by Crippen LogP contribution is -1.94. The van der Waals surface area contributed by atoms with Gasteiger partial charge in [-0.05, 0) is 22.3 Å².